The van der Waals surface area contributed by atoms with Crippen LogP contribution in [-0.2, 0) is 16.0 Å². The number of hydrogen-bond donors (Lipinski definition) is 4. The van der Waals surface area contributed by atoms with Crippen LogP contribution in [0, 0.1) is 0 Å². The monoisotopic (exact) mass is 416 g/mol. The molecule has 1 aliphatic rings. The number of primary amides is 1. The van der Waals surface area contributed by atoms with Crippen molar-refractivity contribution in [3.8, 4) is 11.5 Å². The minimum atomic E-state index is -0.658. The summed E-state index contributed by atoms with van der Waals surface area (Å²) in [5, 5.41) is 22.5. The molecule has 1 aliphatic heterocycles. The summed E-state index contributed by atoms with van der Waals surface area (Å²) in [4.78, 5) is 35.2. The van der Waals surface area contributed by atoms with Gasteiger partial charge in [0, 0.05) is 32.3 Å². The lowest BCUT2D eigenvalue weighted by Crippen LogP contribution is -2.36. The van der Waals surface area contributed by atoms with Crippen LogP contribution in [0.3, 0.4) is 0 Å². The third-order valence-electron chi connectivity index (χ3n) is 3.92. The van der Waals surface area contributed by atoms with Crippen LogP contribution in [0.1, 0.15) is 27.0 Å². The van der Waals surface area contributed by atoms with E-state index >= 15 is 0 Å². The Kier molecular flexibility index (Phi) is 4.52. The van der Waals surface area contributed by atoms with Gasteiger partial charge in [0.1, 0.15) is 0 Å². The van der Waals surface area contributed by atoms with Crippen molar-refractivity contribution in [1.29, 1.82) is 0 Å². The Bertz CT molecular complexity index is 997. The van der Waals surface area contributed by atoms with Crippen molar-refractivity contribution < 1.29 is 24.6 Å². The van der Waals surface area contributed by atoms with Crippen LogP contribution in [0.15, 0.2) is 34.8 Å². The van der Waals surface area contributed by atoms with E-state index in [4.69, 9.17) is 5.73 Å². The van der Waals surface area contributed by atoms with Gasteiger partial charge in [0.15, 0.2) is 11.5 Å². The molecule has 3 rings (SSSR count). The van der Waals surface area contributed by atoms with Crippen molar-refractivity contribution in [2.75, 3.05) is 0 Å². The van der Waals surface area contributed by atoms with E-state index in [1.807, 2.05) is 0 Å². The zero-order chi connectivity index (χ0) is 19.0. The maximum Gasteiger partial charge on any atom is 0.258 e. The average molecular weight is 417 g/mol. The number of carbonyl (C=O) groups excluding carboxylic acids is 3. The van der Waals surface area contributed by atoms with Crippen LogP contribution in [0.4, 0.5) is 0 Å². The van der Waals surface area contributed by atoms with E-state index in [2.05, 4.69) is 21.2 Å². The highest BCUT2D eigenvalue weighted by atomic mass is 79.9. The summed E-state index contributed by atoms with van der Waals surface area (Å²) in [5.41, 5.74) is 6.28. The third kappa shape index (κ3) is 3.18. The molecule has 1 heterocycles. The molecule has 8 heteroatoms. The molecular weight excluding hydrogens is 404 g/mol. The molecule has 0 bridgehead atoms. The number of carbonyl (C=O) groups is 3. The molecule has 0 unspecified atom stereocenters. The molecule has 2 aromatic carbocycles. The van der Waals surface area contributed by atoms with Gasteiger partial charge in [-0.1, -0.05) is 28.1 Å². The van der Waals surface area contributed by atoms with Crippen molar-refractivity contribution in [3.63, 3.8) is 0 Å². The first kappa shape index (κ1) is 17.7. The van der Waals surface area contributed by atoms with E-state index in [0.29, 0.717) is 15.6 Å². The number of halogens is 1. The number of amides is 3. The predicted molar refractivity (Wildman–Crippen MR) is 97.2 cm³/mol. The fourth-order valence-corrected chi connectivity index (χ4v) is 3.04. The largest absolute Gasteiger partial charge is 0.504 e. The Hall–Kier alpha value is -3.13. The normalized spacial score (nSPS) is 14.9. The van der Waals surface area contributed by atoms with Gasteiger partial charge in [-0.2, -0.15) is 0 Å². The summed E-state index contributed by atoms with van der Waals surface area (Å²) >= 11 is 3.30. The molecule has 0 aliphatic carbocycles. The SMILES string of the molecule is NC(=O)Cc1ccc(/C=C2\C(=O)NC(=O)c3ccc(Br)cc32)c(O)c1O. The minimum absolute atomic E-state index is 0.151. The van der Waals surface area contributed by atoms with Crippen LogP contribution in [0.25, 0.3) is 11.6 Å². The van der Waals surface area contributed by atoms with E-state index in [0.717, 1.165) is 0 Å². The Morgan fingerprint density at radius 1 is 1.08 bits per heavy atom. The van der Waals surface area contributed by atoms with Crippen molar-refractivity contribution in [2.24, 2.45) is 5.73 Å². The summed E-state index contributed by atoms with van der Waals surface area (Å²) in [6, 6.07) is 7.74. The lowest BCUT2D eigenvalue weighted by molar-refractivity contribution is -0.117. The van der Waals surface area contributed by atoms with Crippen LogP contribution < -0.4 is 11.1 Å². The van der Waals surface area contributed by atoms with Gasteiger partial charge < -0.3 is 15.9 Å². The van der Waals surface area contributed by atoms with E-state index in [1.165, 1.54) is 18.2 Å². The Morgan fingerprint density at radius 3 is 2.50 bits per heavy atom. The fourth-order valence-electron chi connectivity index (χ4n) is 2.68. The first-order valence-corrected chi connectivity index (χ1v) is 8.26. The number of aromatic hydroxyl groups is 2. The summed E-state index contributed by atoms with van der Waals surface area (Å²) in [6.45, 7) is 0. The van der Waals surface area contributed by atoms with Gasteiger partial charge in [0.05, 0.1) is 6.42 Å². The lowest BCUT2D eigenvalue weighted by atomic mass is 9.93. The van der Waals surface area contributed by atoms with Gasteiger partial charge in [0.2, 0.25) is 5.91 Å². The van der Waals surface area contributed by atoms with Crippen molar-refractivity contribution >= 4 is 45.3 Å². The maximum absolute atomic E-state index is 12.3. The van der Waals surface area contributed by atoms with Gasteiger partial charge in [-0.3, -0.25) is 19.7 Å². The first-order valence-electron chi connectivity index (χ1n) is 7.47. The molecule has 0 radical (unpaired) electrons. The average Bonchev–Trinajstić information content (AvgIpc) is 2.57. The predicted octanol–water partition coefficient (Wildman–Crippen LogP) is 1.70. The quantitative estimate of drug-likeness (QED) is 0.343. The molecule has 0 atom stereocenters. The molecular formula is C18H13BrN2O5. The molecule has 0 saturated heterocycles. The van der Waals surface area contributed by atoms with Crippen molar-refractivity contribution in [1.82, 2.24) is 5.32 Å². The first-order chi connectivity index (χ1) is 12.3. The fraction of sp³-hybridized carbons (Fsp3) is 0.0556. The summed E-state index contributed by atoms with van der Waals surface area (Å²) in [7, 11) is 0. The molecule has 7 nitrogen and oxygen atoms in total. The molecule has 26 heavy (non-hydrogen) atoms. The molecule has 0 spiro atoms. The van der Waals surface area contributed by atoms with Crippen LogP contribution in [-0.4, -0.2) is 27.9 Å². The second-order valence-corrected chi connectivity index (χ2v) is 6.60. The minimum Gasteiger partial charge on any atom is -0.504 e. The summed E-state index contributed by atoms with van der Waals surface area (Å²) < 4.78 is 0.675. The highest BCUT2D eigenvalue weighted by Crippen LogP contribution is 2.36. The van der Waals surface area contributed by atoms with E-state index in [9.17, 15) is 24.6 Å². The van der Waals surface area contributed by atoms with Crippen LogP contribution in [0.2, 0.25) is 0 Å². The highest BCUT2D eigenvalue weighted by molar-refractivity contribution is 9.10. The number of rotatable bonds is 3. The zero-order valence-electron chi connectivity index (χ0n) is 13.2. The zero-order valence-corrected chi connectivity index (χ0v) is 14.8. The molecule has 0 aromatic heterocycles. The molecule has 3 amide bonds. The summed E-state index contributed by atoms with van der Waals surface area (Å²) in [5.74, 6) is -2.77. The third-order valence-corrected chi connectivity index (χ3v) is 4.41. The van der Waals surface area contributed by atoms with Crippen LogP contribution >= 0.6 is 15.9 Å². The number of nitrogens with two attached hydrogens (primary N) is 1. The van der Waals surface area contributed by atoms with Gasteiger partial charge >= 0.3 is 0 Å². The molecule has 2 aromatic rings. The van der Waals surface area contributed by atoms with E-state index in [-0.39, 0.29) is 23.1 Å². The standard InChI is InChI=1S/C18H13BrN2O5/c19-10-3-4-11-12(7-10)13(18(26)21-17(11)25)5-8-1-2-9(6-14(20)22)16(24)15(8)23/h1-5,7,23-24H,6H2,(H2,20,22)(H,21,25,26)/b13-5-. The number of imide groups is 1. The van der Waals surface area contributed by atoms with Gasteiger partial charge in [-0.15, -0.1) is 0 Å². The van der Waals surface area contributed by atoms with Crippen LogP contribution in [0.5, 0.6) is 11.5 Å². The maximum atomic E-state index is 12.3. The van der Waals surface area contributed by atoms with Gasteiger partial charge in [-0.05, 0) is 24.3 Å². The number of nitrogens with one attached hydrogen (secondary N) is 1. The van der Waals surface area contributed by atoms with E-state index in [1.54, 1.807) is 18.2 Å². The summed E-state index contributed by atoms with van der Waals surface area (Å²) in [6.07, 6.45) is 1.12. The topological polar surface area (TPSA) is 130 Å². The highest BCUT2D eigenvalue weighted by Gasteiger charge is 2.27. The second kappa shape index (κ2) is 6.64. The van der Waals surface area contributed by atoms with Crippen molar-refractivity contribution in [2.45, 2.75) is 6.42 Å². The number of hydrogen-bond acceptors (Lipinski definition) is 5. The number of phenols is 2. The Balaban J connectivity index is 2.13. The van der Waals surface area contributed by atoms with Gasteiger partial charge in [-0.25, -0.2) is 0 Å². The molecule has 132 valence electrons. The number of phenolic OH excluding ortho intramolecular Hbond substituents is 2. The molecule has 0 saturated carbocycles. The number of fused-ring (bicyclic) bond motifs is 1. The van der Waals surface area contributed by atoms with Crippen molar-refractivity contribution in [3.05, 3.63) is 57.1 Å². The van der Waals surface area contributed by atoms with Gasteiger partial charge in [0.25, 0.3) is 11.8 Å². The molecule has 0 fully saturated rings. The number of benzene rings is 2. The van der Waals surface area contributed by atoms with E-state index < -0.39 is 29.2 Å². The lowest BCUT2D eigenvalue weighted by Gasteiger charge is -2.19. The smallest absolute Gasteiger partial charge is 0.258 e. The Labute approximate surface area is 156 Å². The molecule has 5 N–H and O–H groups in total. The Morgan fingerprint density at radius 2 is 1.81 bits per heavy atom. The second-order valence-electron chi connectivity index (χ2n) is 5.69.